The number of carbonyl (C=O) groups excluding carboxylic acids is 1. The number of aromatic nitrogens is 3. The number of rotatable bonds is 2. The first-order valence-electron chi connectivity index (χ1n) is 9.47. The van der Waals surface area contributed by atoms with Crippen LogP contribution in [0.2, 0.25) is 0 Å². The van der Waals surface area contributed by atoms with E-state index in [1.807, 2.05) is 30.3 Å². The van der Waals surface area contributed by atoms with Crippen LogP contribution in [-0.2, 0) is 16.0 Å². The zero-order valence-corrected chi connectivity index (χ0v) is 18.5. The van der Waals surface area contributed by atoms with E-state index in [0.29, 0.717) is 11.9 Å². The highest BCUT2D eigenvalue weighted by Crippen LogP contribution is 2.37. The lowest BCUT2D eigenvalue weighted by molar-refractivity contribution is -0.123. The molecule has 8 nitrogen and oxygen atoms in total. The molecule has 29 heavy (non-hydrogen) atoms. The Morgan fingerprint density at radius 3 is 2.76 bits per heavy atom. The van der Waals surface area contributed by atoms with Gasteiger partial charge in [0.05, 0.1) is 17.9 Å². The Labute approximate surface area is 179 Å². The third-order valence-electron chi connectivity index (χ3n) is 4.59. The fourth-order valence-corrected chi connectivity index (χ4v) is 3.83. The highest BCUT2D eigenvalue weighted by molar-refractivity contribution is 9.10. The third kappa shape index (κ3) is 5.96. The molecule has 156 valence electrons. The molecule has 2 bridgehead atoms. The second kappa shape index (κ2) is 10.8. The van der Waals surface area contributed by atoms with Crippen LogP contribution in [0.4, 0.5) is 11.5 Å². The third-order valence-corrected chi connectivity index (χ3v) is 5.09. The van der Waals surface area contributed by atoms with Crippen molar-refractivity contribution in [2.75, 3.05) is 22.9 Å². The first-order valence-corrected chi connectivity index (χ1v) is 10.3. The Morgan fingerprint density at radius 2 is 2.14 bits per heavy atom. The first kappa shape index (κ1) is 22.7. The fourth-order valence-electron chi connectivity index (χ4n) is 3.44. The molecule has 0 saturated carbocycles. The van der Waals surface area contributed by atoms with Crippen molar-refractivity contribution < 1.29 is 14.7 Å². The Balaban J connectivity index is 0.000000199. The second-order valence-corrected chi connectivity index (χ2v) is 7.64. The van der Waals surface area contributed by atoms with E-state index in [9.17, 15) is 4.79 Å². The summed E-state index contributed by atoms with van der Waals surface area (Å²) in [5.41, 5.74) is 2.16. The van der Waals surface area contributed by atoms with Crippen LogP contribution in [0.15, 0.2) is 29.0 Å². The van der Waals surface area contributed by atoms with Crippen LogP contribution < -0.4 is 9.80 Å². The Morgan fingerprint density at radius 1 is 1.41 bits per heavy atom. The normalized spacial score (nSPS) is 16.1. The summed E-state index contributed by atoms with van der Waals surface area (Å²) in [6.45, 7) is 7.27. The first-order chi connectivity index (χ1) is 13.9. The molecule has 1 fully saturated rings. The summed E-state index contributed by atoms with van der Waals surface area (Å²) in [7, 11) is 0. The Kier molecular flexibility index (Phi) is 8.50. The zero-order valence-electron chi connectivity index (χ0n) is 16.9. The van der Waals surface area contributed by atoms with E-state index in [-0.39, 0.29) is 12.4 Å². The maximum absolute atomic E-state index is 11.7. The molecule has 0 spiro atoms. The minimum atomic E-state index is -0.250. The van der Waals surface area contributed by atoms with Crippen LogP contribution >= 0.6 is 15.9 Å². The predicted octanol–water partition coefficient (Wildman–Crippen LogP) is 3.23. The molecule has 1 amide bonds. The highest BCUT2D eigenvalue weighted by Gasteiger charge is 2.38. The van der Waals surface area contributed by atoms with E-state index in [2.05, 4.69) is 48.8 Å². The van der Waals surface area contributed by atoms with E-state index in [1.165, 1.54) is 0 Å². The molecule has 2 aromatic heterocycles. The van der Waals surface area contributed by atoms with Gasteiger partial charge < -0.3 is 10.0 Å². The van der Waals surface area contributed by atoms with Gasteiger partial charge in [0.15, 0.2) is 5.82 Å². The summed E-state index contributed by atoms with van der Waals surface area (Å²) in [5.74, 6) is 1.58. The topological polar surface area (TPSA) is 99.5 Å². The SMILES string of the molecule is CC(=O)N1c2nc(C)ncc2N2CCC1C2.CCCc1cc(Br)ccn1.O=CO. The Bertz CT molecular complexity index is 849. The molecule has 2 aliphatic rings. The van der Waals surface area contributed by atoms with Crippen molar-refractivity contribution in [3.8, 4) is 0 Å². The van der Waals surface area contributed by atoms with Gasteiger partial charge in [0, 0.05) is 36.4 Å². The van der Waals surface area contributed by atoms with Crippen molar-refractivity contribution >= 4 is 39.8 Å². The van der Waals surface area contributed by atoms with Crippen LogP contribution in [-0.4, -0.2) is 51.6 Å². The van der Waals surface area contributed by atoms with Crippen LogP contribution in [0.5, 0.6) is 0 Å². The number of hydrogen-bond donors (Lipinski definition) is 1. The van der Waals surface area contributed by atoms with Crippen molar-refractivity contribution in [3.63, 3.8) is 0 Å². The average molecular weight is 464 g/mol. The summed E-state index contributed by atoms with van der Waals surface area (Å²) < 4.78 is 1.12. The summed E-state index contributed by atoms with van der Waals surface area (Å²) in [4.78, 5) is 37.0. The maximum atomic E-state index is 11.7. The molecule has 4 heterocycles. The van der Waals surface area contributed by atoms with E-state index >= 15 is 0 Å². The molecule has 1 atom stereocenters. The molecule has 1 N–H and O–H groups in total. The van der Waals surface area contributed by atoms with Crippen molar-refractivity contribution in [2.24, 2.45) is 0 Å². The molecule has 4 rings (SSSR count). The second-order valence-electron chi connectivity index (χ2n) is 6.72. The lowest BCUT2D eigenvalue weighted by Crippen LogP contribution is -2.45. The van der Waals surface area contributed by atoms with E-state index in [1.54, 1.807) is 6.92 Å². The number of carbonyl (C=O) groups is 2. The smallest absolute Gasteiger partial charge is 0.290 e. The minimum absolute atomic E-state index is 0.0749. The number of anilines is 2. The van der Waals surface area contributed by atoms with Gasteiger partial charge in [-0.05, 0) is 31.9 Å². The van der Waals surface area contributed by atoms with Crippen LogP contribution in [0.3, 0.4) is 0 Å². The number of amides is 1. The molecule has 2 aromatic rings. The van der Waals surface area contributed by atoms with Crippen molar-refractivity contribution in [2.45, 2.75) is 46.1 Å². The van der Waals surface area contributed by atoms with Gasteiger partial charge in [-0.3, -0.25) is 19.5 Å². The van der Waals surface area contributed by atoms with E-state index in [0.717, 1.165) is 54.0 Å². The quantitative estimate of drug-likeness (QED) is 0.682. The lowest BCUT2D eigenvalue weighted by Gasteiger charge is -2.34. The molecule has 2 aliphatic heterocycles. The van der Waals surface area contributed by atoms with Crippen molar-refractivity contribution in [1.29, 1.82) is 0 Å². The van der Waals surface area contributed by atoms with Crippen LogP contribution in [0.1, 0.15) is 38.2 Å². The molecular formula is C20H26BrN5O3. The summed E-state index contributed by atoms with van der Waals surface area (Å²) >= 11 is 3.39. The number of carboxylic acid groups (broad SMARTS) is 1. The number of nitrogens with zero attached hydrogens (tertiary/aromatic N) is 5. The van der Waals surface area contributed by atoms with Gasteiger partial charge in [0.2, 0.25) is 5.91 Å². The van der Waals surface area contributed by atoms with Gasteiger partial charge in [0.25, 0.3) is 6.47 Å². The molecule has 1 unspecified atom stereocenters. The molecule has 1 saturated heterocycles. The summed E-state index contributed by atoms with van der Waals surface area (Å²) in [6, 6.07) is 4.29. The van der Waals surface area contributed by atoms with Crippen LogP contribution in [0.25, 0.3) is 0 Å². The maximum Gasteiger partial charge on any atom is 0.290 e. The molecule has 0 aliphatic carbocycles. The summed E-state index contributed by atoms with van der Waals surface area (Å²) in [6.07, 6.45) is 6.90. The average Bonchev–Trinajstić information content (AvgIpc) is 3.07. The monoisotopic (exact) mass is 463 g/mol. The number of aryl methyl sites for hydroxylation is 2. The molecule has 0 radical (unpaired) electrons. The largest absolute Gasteiger partial charge is 0.483 e. The minimum Gasteiger partial charge on any atom is -0.483 e. The van der Waals surface area contributed by atoms with Crippen molar-refractivity contribution in [1.82, 2.24) is 15.0 Å². The van der Waals surface area contributed by atoms with Gasteiger partial charge in [-0.1, -0.05) is 29.3 Å². The lowest BCUT2D eigenvalue weighted by atomic mass is 10.2. The highest BCUT2D eigenvalue weighted by atomic mass is 79.9. The van der Waals surface area contributed by atoms with E-state index in [4.69, 9.17) is 9.90 Å². The van der Waals surface area contributed by atoms with Gasteiger partial charge >= 0.3 is 0 Å². The van der Waals surface area contributed by atoms with Crippen LogP contribution in [0, 0.1) is 6.92 Å². The van der Waals surface area contributed by atoms with Gasteiger partial charge in [-0.2, -0.15) is 0 Å². The number of halogens is 1. The fraction of sp³-hybridized carbons (Fsp3) is 0.450. The number of pyridine rings is 1. The standard InChI is InChI=1S/C11H14N4O.C8H10BrN.CH2O2/c1-7-12-5-10-11(13-7)15(8(2)16)9-3-4-14(10)6-9;1-2-3-8-6-7(9)4-5-10-8;2-1-3/h5,9H,3-4,6H2,1-2H3;4-6H,2-3H2,1H3;1H,(H,2,3). The van der Waals surface area contributed by atoms with Gasteiger partial charge in [-0.15, -0.1) is 0 Å². The number of fused-ring (bicyclic) bond motifs is 4. The predicted molar refractivity (Wildman–Crippen MR) is 115 cm³/mol. The molecular weight excluding hydrogens is 438 g/mol. The zero-order chi connectivity index (χ0) is 21.4. The van der Waals surface area contributed by atoms with Crippen molar-refractivity contribution in [3.05, 3.63) is 40.5 Å². The number of hydrogen-bond acceptors (Lipinski definition) is 6. The summed E-state index contributed by atoms with van der Waals surface area (Å²) in [5, 5.41) is 6.89. The Hall–Kier alpha value is -2.55. The van der Waals surface area contributed by atoms with Gasteiger partial charge in [-0.25, -0.2) is 9.97 Å². The van der Waals surface area contributed by atoms with Gasteiger partial charge in [0.1, 0.15) is 5.82 Å². The molecule has 0 aromatic carbocycles. The molecule has 9 heteroatoms. The van der Waals surface area contributed by atoms with E-state index < -0.39 is 0 Å².